The molecular weight excluding hydrogens is 457 g/mol. The van der Waals surface area contributed by atoms with Gasteiger partial charge in [0.05, 0.1) is 18.8 Å². The third kappa shape index (κ3) is 5.90. The smallest absolute Gasteiger partial charge is 0.264 e. The van der Waals surface area contributed by atoms with Crippen LogP contribution >= 0.6 is 0 Å². The number of alkyl halides is 1. The number of carbonyl (C=O) groups excluding carboxylic acids is 2. The van der Waals surface area contributed by atoms with Crippen LogP contribution in [0, 0.1) is 0 Å². The van der Waals surface area contributed by atoms with Gasteiger partial charge in [-0.15, -0.1) is 0 Å². The van der Waals surface area contributed by atoms with Crippen LogP contribution < -0.4 is 10.1 Å². The molecule has 2 heterocycles. The van der Waals surface area contributed by atoms with Gasteiger partial charge in [0.2, 0.25) is 5.91 Å². The molecule has 3 aromatic rings. The zero-order valence-electron chi connectivity index (χ0n) is 20.8. The predicted molar refractivity (Wildman–Crippen MR) is 136 cm³/mol. The van der Waals surface area contributed by atoms with E-state index >= 15 is 0 Å². The Morgan fingerprint density at radius 3 is 2.28 bits per heavy atom. The summed E-state index contributed by atoms with van der Waals surface area (Å²) in [6.45, 7) is 5.71. The number of rotatable bonds is 8. The van der Waals surface area contributed by atoms with Crippen molar-refractivity contribution in [2.75, 3.05) is 6.54 Å². The number of benzene rings is 2. The highest BCUT2D eigenvalue weighted by Gasteiger charge is 2.42. The minimum Gasteiger partial charge on any atom is -0.479 e. The fourth-order valence-corrected chi connectivity index (χ4v) is 4.50. The zero-order chi connectivity index (χ0) is 25.7. The second-order valence-electron chi connectivity index (χ2n) is 9.46. The molecule has 0 radical (unpaired) electrons. The molecule has 1 aliphatic heterocycles. The predicted octanol–water partition coefficient (Wildman–Crippen LogP) is 4.82. The number of ether oxygens (including phenoxy) is 1. The molecule has 1 N–H and O–H groups in total. The molecule has 2 aromatic carbocycles. The molecule has 1 fully saturated rings. The van der Waals surface area contributed by atoms with Gasteiger partial charge in [-0.25, -0.2) is 4.39 Å². The van der Waals surface area contributed by atoms with Crippen molar-refractivity contribution in [2.24, 2.45) is 0 Å². The molecule has 2 amide bonds. The van der Waals surface area contributed by atoms with E-state index in [4.69, 9.17) is 4.74 Å². The minimum atomic E-state index is -1.28. The SMILES string of the molecule is CC(Oc1cccnc1)C(=O)N1C[C@H](F)C[C@H]1C(=O)N[C@@H](c1ccccc1)c1ccc(C(C)C)cc1. The molecule has 188 valence electrons. The Hall–Kier alpha value is -3.74. The number of carbonyl (C=O) groups is 2. The summed E-state index contributed by atoms with van der Waals surface area (Å²) in [5, 5.41) is 3.08. The quantitative estimate of drug-likeness (QED) is 0.493. The number of pyridine rings is 1. The number of nitrogens with zero attached hydrogens (tertiary/aromatic N) is 2. The van der Waals surface area contributed by atoms with Crippen LogP contribution in [0.15, 0.2) is 79.1 Å². The van der Waals surface area contributed by atoms with E-state index < -0.39 is 30.3 Å². The molecule has 6 nitrogen and oxygen atoms in total. The third-order valence-corrected chi connectivity index (χ3v) is 6.49. The number of hydrogen-bond donors (Lipinski definition) is 1. The topological polar surface area (TPSA) is 71.5 Å². The van der Waals surface area contributed by atoms with Crippen molar-refractivity contribution in [3.05, 3.63) is 95.8 Å². The Morgan fingerprint density at radius 1 is 0.972 bits per heavy atom. The zero-order valence-corrected chi connectivity index (χ0v) is 20.8. The molecule has 1 unspecified atom stereocenters. The molecule has 1 aromatic heterocycles. The number of halogens is 1. The highest BCUT2D eigenvalue weighted by molar-refractivity contribution is 5.90. The van der Waals surface area contributed by atoms with Gasteiger partial charge < -0.3 is 15.0 Å². The van der Waals surface area contributed by atoms with Crippen molar-refractivity contribution in [2.45, 2.75) is 57.5 Å². The van der Waals surface area contributed by atoms with E-state index in [9.17, 15) is 14.0 Å². The highest BCUT2D eigenvalue weighted by atomic mass is 19.1. The normalized spacial score (nSPS) is 19.1. The largest absolute Gasteiger partial charge is 0.479 e. The lowest BCUT2D eigenvalue weighted by Gasteiger charge is -2.29. The highest BCUT2D eigenvalue weighted by Crippen LogP contribution is 2.27. The van der Waals surface area contributed by atoms with E-state index in [1.807, 2.05) is 42.5 Å². The molecule has 0 saturated carbocycles. The van der Waals surface area contributed by atoms with Gasteiger partial charge in [-0.1, -0.05) is 68.4 Å². The maximum Gasteiger partial charge on any atom is 0.264 e. The average molecular weight is 490 g/mol. The monoisotopic (exact) mass is 489 g/mol. The van der Waals surface area contributed by atoms with Gasteiger partial charge >= 0.3 is 0 Å². The lowest BCUT2D eigenvalue weighted by Crippen LogP contribution is -2.50. The molecule has 4 rings (SSSR count). The first-order chi connectivity index (χ1) is 17.3. The Morgan fingerprint density at radius 2 is 1.64 bits per heavy atom. The van der Waals surface area contributed by atoms with E-state index in [0.29, 0.717) is 11.7 Å². The van der Waals surface area contributed by atoms with Gasteiger partial charge in [-0.05, 0) is 41.7 Å². The summed E-state index contributed by atoms with van der Waals surface area (Å²) in [6, 6.07) is 19.8. The van der Waals surface area contributed by atoms with Crippen LogP contribution in [0.5, 0.6) is 5.75 Å². The van der Waals surface area contributed by atoms with E-state index in [-0.39, 0.29) is 18.9 Å². The summed E-state index contributed by atoms with van der Waals surface area (Å²) < 4.78 is 20.2. The van der Waals surface area contributed by atoms with Gasteiger partial charge in [0.1, 0.15) is 18.0 Å². The molecule has 4 atom stereocenters. The van der Waals surface area contributed by atoms with Crippen molar-refractivity contribution in [3.63, 3.8) is 0 Å². The van der Waals surface area contributed by atoms with Gasteiger partial charge in [-0.2, -0.15) is 0 Å². The van der Waals surface area contributed by atoms with Crippen LogP contribution in [0.25, 0.3) is 0 Å². The molecule has 0 spiro atoms. The first kappa shape index (κ1) is 25.4. The Balaban J connectivity index is 1.54. The number of likely N-dealkylation sites (tertiary alicyclic amines) is 1. The lowest BCUT2D eigenvalue weighted by molar-refractivity contribution is -0.143. The van der Waals surface area contributed by atoms with Crippen LogP contribution in [0.3, 0.4) is 0 Å². The maximum absolute atomic E-state index is 14.5. The number of aromatic nitrogens is 1. The van der Waals surface area contributed by atoms with Crippen molar-refractivity contribution < 1.29 is 18.7 Å². The van der Waals surface area contributed by atoms with Crippen LogP contribution in [-0.2, 0) is 9.59 Å². The van der Waals surface area contributed by atoms with Gasteiger partial charge in [0, 0.05) is 12.6 Å². The summed E-state index contributed by atoms with van der Waals surface area (Å²) in [4.78, 5) is 31.9. The summed E-state index contributed by atoms with van der Waals surface area (Å²) >= 11 is 0. The standard InChI is InChI=1S/C29H32FN3O3/c1-19(2)21-11-13-23(14-12-21)27(22-8-5-4-6-9-22)32-28(34)26-16-24(30)18-33(26)29(35)20(3)36-25-10-7-15-31-17-25/h4-15,17,19-20,24,26-27H,16,18H2,1-3H3,(H,32,34)/t20?,24-,26+,27+/m1/s1. The van der Waals surface area contributed by atoms with Crippen LogP contribution in [0.2, 0.25) is 0 Å². The second kappa shape index (κ2) is 11.3. The van der Waals surface area contributed by atoms with Crippen LogP contribution in [0.4, 0.5) is 4.39 Å². The number of nitrogens with one attached hydrogen (secondary N) is 1. The van der Waals surface area contributed by atoms with E-state index in [1.165, 1.54) is 16.7 Å². The Labute approximate surface area is 211 Å². The van der Waals surface area contributed by atoms with Crippen molar-refractivity contribution >= 4 is 11.8 Å². The minimum absolute atomic E-state index is 0.0506. The number of hydrogen-bond acceptors (Lipinski definition) is 4. The maximum atomic E-state index is 14.5. The van der Waals surface area contributed by atoms with Crippen LogP contribution in [-0.4, -0.2) is 46.6 Å². The molecule has 0 bridgehead atoms. The first-order valence-corrected chi connectivity index (χ1v) is 12.3. The molecule has 1 aliphatic rings. The molecule has 0 aliphatic carbocycles. The van der Waals surface area contributed by atoms with Gasteiger partial charge in [0.15, 0.2) is 6.10 Å². The summed E-state index contributed by atoms with van der Waals surface area (Å²) in [5.74, 6) is -0.000796. The van der Waals surface area contributed by atoms with Crippen molar-refractivity contribution in [1.82, 2.24) is 15.2 Å². The van der Waals surface area contributed by atoms with E-state index in [1.54, 1.807) is 25.3 Å². The fourth-order valence-electron chi connectivity index (χ4n) is 4.50. The second-order valence-corrected chi connectivity index (χ2v) is 9.46. The van der Waals surface area contributed by atoms with Gasteiger partial charge in [0.25, 0.3) is 5.91 Å². The van der Waals surface area contributed by atoms with Crippen molar-refractivity contribution in [1.29, 1.82) is 0 Å². The van der Waals surface area contributed by atoms with Gasteiger partial charge in [-0.3, -0.25) is 14.6 Å². The Kier molecular flexibility index (Phi) is 7.98. The first-order valence-electron chi connectivity index (χ1n) is 12.3. The van der Waals surface area contributed by atoms with E-state index in [0.717, 1.165) is 11.1 Å². The summed E-state index contributed by atoms with van der Waals surface area (Å²) in [5.41, 5.74) is 3.02. The molecular formula is C29H32FN3O3. The lowest BCUT2D eigenvalue weighted by atomic mass is 9.95. The molecule has 7 heteroatoms. The van der Waals surface area contributed by atoms with Crippen LogP contribution in [0.1, 0.15) is 55.8 Å². The molecule has 1 saturated heterocycles. The Bertz CT molecular complexity index is 1160. The third-order valence-electron chi connectivity index (χ3n) is 6.49. The summed E-state index contributed by atoms with van der Waals surface area (Å²) in [7, 11) is 0. The fraction of sp³-hybridized carbons (Fsp3) is 0.345. The van der Waals surface area contributed by atoms with Crippen molar-refractivity contribution in [3.8, 4) is 5.75 Å². The molecule has 36 heavy (non-hydrogen) atoms. The average Bonchev–Trinajstić information content (AvgIpc) is 3.29. The summed E-state index contributed by atoms with van der Waals surface area (Å²) in [6.07, 6.45) is 0.891. The number of amides is 2. The van der Waals surface area contributed by atoms with E-state index in [2.05, 4.69) is 36.3 Å².